The third-order valence-corrected chi connectivity index (χ3v) is 11.0. The number of anilines is 3. The van der Waals surface area contributed by atoms with Gasteiger partial charge in [-0.2, -0.15) is 0 Å². The predicted octanol–water partition coefficient (Wildman–Crippen LogP) is 13.4. The van der Waals surface area contributed by atoms with E-state index in [0.717, 1.165) is 22.7 Å². The highest BCUT2D eigenvalue weighted by Gasteiger charge is 2.35. The smallest absolute Gasteiger partial charge is 0.0541 e. The maximum absolute atomic E-state index is 2.42. The topological polar surface area (TPSA) is 8.17 Å². The van der Waals surface area contributed by atoms with Crippen LogP contribution >= 0.6 is 0 Å². The molecule has 1 aliphatic carbocycles. The first-order valence-corrected chi connectivity index (χ1v) is 17.8. The van der Waals surface area contributed by atoms with Crippen LogP contribution in [-0.2, 0) is 5.41 Å². The molecule has 1 aromatic heterocycles. The number of benzene rings is 8. The molecule has 0 saturated heterocycles. The van der Waals surface area contributed by atoms with E-state index in [2.05, 4.69) is 205 Å². The highest BCUT2D eigenvalue weighted by atomic mass is 15.1. The second-order valence-electron chi connectivity index (χ2n) is 14.2. The van der Waals surface area contributed by atoms with Crippen molar-refractivity contribution in [1.82, 2.24) is 4.57 Å². The van der Waals surface area contributed by atoms with Crippen LogP contribution in [0.25, 0.3) is 60.5 Å². The SMILES string of the molecule is CC1(C)c2ccccc2-c2cc(N(c3ccc(-n4c5ccccc5c5ccccc54)cc3)c3cccc(-c4cccc5ccccc45)c3)ccc21. The van der Waals surface area contributed by atoms with Crippen LogP contribution in [0, 0.1) is 0 Å². The lowest BCUT2D eigenvalue weighted by Gasteiger charge is -2.28. The van der Waals surface area contributed by atoms with Crippen LogP contribution in [0.2, 0.25) is 0 Å². The molecule has 9 aromatic rings. The molecule has 0 unspecified atom stereocenters. The van der Waals surface area contributed by atoms with E-state index in [1.807, 2.05) is 0 Å². The van der Waals surface area contributed by atoms with E-state index in [1.165, 1.54) is 66.0 Å². The van der Waals surface area contributed by atoms with E-state index >= 15 is 0 Å². The van der Waals surface area contributed by atoms with Gasteiger partial charge >= 0.3 is 0 Å². The minimum Gasteiger partial charge on any atom is -0.310 e. The minimum absolute atomic E-state index is 0.0481. The number of nitrogens with zero attached hydrogens (tertiary/aromatic N) is 2. The van der Waals surface area contributed by atoms with Gasteiger partial charge in [0.25, 0.3) is 0 Å². The summed E-state index contributed by atoms with van der Waals surface area (Å²) < 4.78 is 2.38. The van der Waals surface area contributed by atoms with Crippen molar-refractivity contribution in [2.24, 2.45) is 0 Å². The first kappa shape index (κ1) is 29.5. The summed E-state index contributed by atoms with van der Waals surface area (Å²) in [6.45, 7) is 4.69. The molecular weight excluding hydrogens is 617 g/mol. The standard InChI is InChI=1S/C49H36N2/c1-49(2)45-22-8-5-18-41(45)44-32-38(29-30-46(44)49)50(37-16-11-15-34(31-37)40-21-12-14-33-13-3-4-17-39(33)40)35-25-27-36(28-26-35)51-47-23-9-6-19-42(47)43-20-7-10-24-48(43)51/h3-32H,1-2H3. The van der Waals surface area contributed by atoms with Crippen LogP contribution in [-0.4, -0.2) is 4.57 Å². The third kappa shape index (κ3) is 4.57. The molecule has 0 aliphatic heterocycles. The molecule has 0 fully saturated rings. The number of hydrogen-bond donors (Lipinski definition) is 0. The molecule has 1 aliphatic rings. The maximum Gasteiger partial charge on any atom is 0.0541 e. The van der Waals surface area contributed by atoms with Crippen LogP contribution in [0.3, 0.4) is 0 Å². The van der Waals surface area contributed by atoms with Gasteiger partial charge in [0.2, 0.25) is 0 Å². The van der Waals surface area contributed by atoms with Crippen molar-refractivity contribution in [3.05, 3.63) is 193 Å². The molecule has 242 valence electrons. The van der Waals surface area contributed by atoms with Gasteiger partial charge < -0.3 is 9.47 Å². The minimum atomic E-state index is -0.0481. The Morgan fingerprint density at radius 1 is 0.412 bits per heavy atom. The molecule has 2 nitrogen and oxygen atoms in total. The Kier molecular flexibility index (Phi) is 6.56. The molecule has 0 radical (unpaired) electrons. The van der Waals surface area contributed by atoms with Gasteiger partial charge in [-0.1, -0.05) is 135 Å². The second kappa shape index (κ2) is 11.3. The molecule has 0 saturated carbocycles. The van der Waals surface area contributed by atoms with E-state index in [0.29, 0.717) is 0 Å². The molecule has 0 amide bonds. The van der Waals surface area contributed by atoms with Crippen LogP contribution in [0.5, 0.6) is 0 Å². The Bertz CT molecular complexity index is 2720. The number of para-hydroxylation sites is 2. The molecule has 10 rings (SSSR count). The van der Waals surface area contributed by atoms with Crippen molar-refractivity contribution in [3.8, 4) is 27.9 Å². The van der Waals surface area contributed by atoms with Crippen LogP contribution in [0.1, 0.15) is 25.0 Å². The van der Waals surface area contributed by atoms with Crippen molar-refractivity contribution in [1.29, 1.82) is 0 Å². The molecule has 1 heterocycles. The molecule has 0 N–H and O–H groups in total. The second-order valence-corrected chi connectivity index (χ2v) is 14.2. The molecule has 2 heteroatoms. The largest absolute Gasteiger partial charge is 0.310 e. The number of hydrogen-bond acceptors (Lipinski definition) is 1. The van der Waals surface area contributed by atoms with Crippen molar-refractivity contribution in [3.63, 3.8) is 0 Å². The van der Waals surface area contributed by atoms with Gasteiger partial charge in [0.05, 0.1) is 11.0 Å². The molecule has 0 spiro atoms. The van der Waals surface area contributed by atoms with Crippen LogP contribution < -0.4 is 4.90 Å². The van der Waals surface area contributed by atoms with Gasteiger partial charge in [0, 0.05) is 38.9 Å². The van der Waals surface area contributed by atoms with Crippen molar-refractivity contribution >= 4 is 49.6 Å². The number of aromatic nitrogens is 1. The number of rotatable bonds is 5. The van der Waals surface area contributed by atoms with Crippen molar-refractivity contribution in [2.75, 3.05) is 4.90 Å². The zero-order valence-electron chi connectivity index (χ0n) is 28.7. The average molecular weight is 653 g/mol. The van der Waals surface area contributed by atoms with Gasteiger partial charge in [-0.05, 0) is 105 Å². The molecular formula is C49H36N2. The summed E-state index contributed by atoms with van der Waals surface area (Å²) in [6.07, 6.45) is 0. The highest BCUT2D eigenvalue weighted by molar-refractivity contribution is 6.09. The molecule has 0 atom stereocenters. The summed E-state index contributed by atoms with van der Waals surface area (Å²) in [6, 6.07) is 66.7. The Morgan fingerprint density at radius 2 is 0.980 bits per heavy atom. The quantitative estimate of drug-likeness (QED) is 0.180. The Hall–Kier alpha value is -6.38. The predicted molar refractivity (Wildman–Crippen MR) is 216 cm³/mol. The Morgan fingerprint density at radius 3 is 1.76 bits per heavy atom. The average Bonchev–Trinajstić information content (AvgIpc) is 3.64. The van der Waals surface area contributed by atoms with E-state index in [-0.39, 0.29) is 5.41 Å². The number of fused-ring (bicyclic) bond motifs is 7. The molecule has 0 bridgehead atoms. The van der Waals surface area contributed by atoms with Gasteiger partial charge in [0.1, 0.15) is 0 Å². The van der Waals surface area contributed by atoms with Gasteiger partial charge in [-0.15, -0.1) is 0 Å². The van der Waals surface area contributed by atoms with E-state index < -0.39 is 0 Å². The lowest BCUT2D eigenvalue weighted by atomic mass is 9.82. The van der Waals surface area contributed by atoms with Crippen molar-refractivity contribution < 1.29 is 0 Å². The summed E-state index contributed by atoms with van der Waals surface area (Å²) in [5.41, 5.74) is 14.7. The Balaban J connectivity index is 1.15. The summed E-state index contributed by atoms with van der Waals surface area (Å²) in [7, 11) is 0. The van der Waals surface area contributed by atoms with E-state index in [4.69, 9.17) is 0 Å². The van der Waals surface area contributed by atoms with E-state index in [1.54, 1.807) is 0 Å². The summed E-state index contributed by atoms with van der Waals surface area (Å²) in [5, 5.41) is 5.05. The lowest BCUT2D eigenvalue weighted by molar-refractivity contribution is 0.660. The lowest BCUT2D eigenvalue weighted by Crippen LogP contribution is -2.15. The van der Waals surface area contributed by atoms with E-state index in [9.17, 15) is 0 Å². The van der Waals surface area contributed by atoms with Gasteiger partial charge in [0.15, 0.2) is 0 Å². The zero-order chi connectivity index (χ0) is 34.1. The third-order valence-electron chi connectivity index (χ3n) is 11.0. The monoisotopic (exact) mass is 652 g/mol. The Labute approximate surface area is 298 Å². The first-order chi connectivity index (χ1) is 25.1. The van der Waals surface area contributed by atoms with Crippen LogP contribution in [0.15, 0.2) is 182 Å². The summed E-state index contributed by atoms with van der Waals surface area (Å²) in [4.78, 5) is 2.42. The van der Waals surface area contributed by atoms with Crippen LogP contribution in [0.4, 0.5) is 17.1 Å². The van der Waals surface area contributed by atoms with Gasteiger partial charge in [-0.3, -0.25) is 0 Å². The molecule has 51 heavy (non-hydrogen) atoms. The maximum atomic E-state index is 2.42. The fraction of sp³-hybridized carbons (Fsp3) is 0.0612. The summed E-state index contributed by atoms with van der Waals surface area (Å²) >= 11 is 0. The zero-order valence-corrected chi connectivity index (χ0v) is 28.7. The fourth-order valence-corrected chi connectivity index (χ4v) is 8.54. The van der Waals surface area contributed by atoms with Crippen molar-refractivity contribution in [2.45, 2.75) is 19.3 Å². The normalized spacial score (nSPS) is 13.1. The molecule has 8 aromatic carbocycles. The van der Waals surface area contributed by atoms with Gasteiger partial charge in [-0.25, -0.2) is 0 Å². The fourth-order valence-electron chi connectivity index (χ4n) is 8.54. The summed E-state index contributed by atoms with van der Waals surface area (Å²) in [5.74, 6) is 0. The highest BCUT2D eigenvalue weighted by Crippen LogP contribution is 2.50. The first-order valence-electron chi connectivity index (χ1n) is 17.8.